The molecule has 0 heterocycles. The van der Waals surface area contributed by atoms with Crippen LogP contribution in [-0.4, -0.2) is 27.2 Å². The van der Waals surface area contributed by atoms with Crippen molar-refractivity contribution in [1.29, 1.82) is 0 Å². The number of hydrogen-bond acceptors (Lipinski definition) is 4. The van der Waals surface area contributed by atoms with Crippen LogP contribution in [0.1, 0.15) is 34.3 Å². The number of phenolic OH excluding ortho intramolecular Hbond substituents is 2. The topological polar surface area (TPSA) is 107 Å². The molecule has 0 aromatic heterocycles. The average Bonchev–Trinajstić information content (AvgIpc) is 3.54. The van der Waals surface area contributed by atoms with Gasteiger partial charge in [0.1, 0.15) is 0 Å². The second-order valence-electron chi connectivity index (χ2n) is 7.65. The normalized spacial score (nSPS) is 14.2. The quantitative estimate of drug-likeness (QED) is 0.471. The van der Waals surface area contributed by atoms with Gasteiger partial charge in [0.05, 0.1) is 11.0 Å². The van der Waals surface area contributed by atoms with Crippen LogP contribution in [0, 0.1) is 6.92 Å². The Hall–Kier alpha value is -3.80. The Morgan fingerprint density at radius 1 is 0.900 bits per heavy atom. The number of anilines is 1. The summed E-state index contributed by atoms with van der Waals surface area (Å²) < 4.78 is 0. The van der Waals surface area contributed by atoms with Gasteiger partial charge in [-0.2, -0.15) is 0 Å². The molecule has 1 aliphatic rings. The van der Waals surface area contributed by atoms with Gasteiger partial charge in [0, 0.05) is 5.69 Å². The van der Waals surface area contributed by atoms with Gasteiger partial charge >= 0.3 is 5.97 Å². The molecule has 4 rings (SSSR count). The summed E-state index contributed by atoms with van der Waals surface area (Å²) >= 11 is 0. The van der Waals surface area contributed by atoms with E-state index in [2.05, 4.69) is 5.32 Å². The summed E-state index contributed by atoms with van der Waals surface area (Å²) in [5, 5.41) is 31.4. The molecule has 0 radical (unpaired) electrons. The van der Waals surface area contributed by atoms with E-state index < -0.39 is 11.4 Å². The van der Waals surface area contributed by atoms with Crippen molar-refractivity contribution < 1.29 is 24.9 Å². The summed E-state index contributed by atoms with van der Waals surface area (Å²) in [6, 6.07) is 16.7. The number of rotatable bonds is 5. The van der Waals surface area contributed by atoms with Crippen LogP contribution in [0.5, 0.6) is 11.5 Å². The molecule has 0 spiro atoms. The zero-order chi connectivity index (χ0) is 21.5. The molecule has 6 nitrogen and oxygen atoms in total. The number of hydrogen-bond donors (Lipinski definition) is 4. The van der Waals surface area contributed by atoms with Crippen molar-refractivity contribution in [1.82, 2.24) is 0 Å². The minimum absolute atomic E-state index is 0.163. The molecule has 0 aliphatic heterocycles. The van der Waals surface area contributed by atoms with Crippen molar-refractivity contribution in [3.8, 4) is 22.6 Å². The number of carboxylic acids is 1. The van der Waals surface area contributed by atoms with Crippen LogP contribution < -0.4 is 5.32 Å². The van der Waals surface area contributed by atoms with E-state index in [0.717, 1.165) is 16.7 Å². The van der Waals surface area contributed by atoms with Crippen LogP contribution in [0.2, 0.25) is 0 Å². The van der Waals surface area contributed by atoms with E-state index in [4.69, 9.17) is 5.11 Å². The Morgan fingerprint density at radius 2 is 1.60 bits per heavy atom. The molecule has 4 N–H and O–H groups in total. The number of nitrogens with one attached hydrogen (secondary N) is 1. The third-order valence-electron chi connectivity index (χ3n) is 5.65. The average molecular weight is 403 g/mol. The number of carboxylic acid groups (broad SMARTS) is 1. The van der Waals surface area contributed by atoms with E-state index in [1.54, 1.807) is 30.3 Å². The SMILES string of the molecule is Cc1ccc(NC(=O)C2(c3ccc(O)c(O)c3)CC2)cc1-c1ccc(C(=O)O)cc1. The highest BCUT2D eigenvalue weighted by Gasteiger charge is 2.51. The number of carbonyl (C=O) groups excluding carboxylic acids is 1. The first-order valence-electron chi connectivity index (χ1n) is 9.58. The van der Waals surface area contributed by atoms with E-state index >= 15 is 0 Å². The molecule has 152 valence electrons. The summed E-state index contributed by atoms with van der Waals surface area (Å²) in [7, 11) is 0. The van der Waals surface area contributed by atoms with Crippen molar-refractivity contribution in [2.75, 3.05) is 5.32 Å². The molecule has 0 unspecified atom stereocenters. The first-order valence-corrected chi connectivity index (χ1v) is 9.58. The van der Waals surface area contributed by atoms with Gasteiger partial charge in [-0.25, -0.2) is 4.79 Å². The zero-order valence-corrected chi connectivity index (χ0v) is 16.3. The highest BCUT2D eigenvalue weighted by molar-refractivity contribution is 6.02. The molecule has 1 fully saturated rings. The standard InChI is InChI=1S/C24H21NO5/c1-14-2-8-18(13-19(14)15-3-5-16(6-4-15)22(28)29)25-23(30)24(10-11-24)17-7-9-20(26)21(27)12-17/h2-9,12-13,26-27H,10-11H2,1H3,(H,25,30)(H,28,29). The molecule has 0 saturated heterocycles. The largest absolute Gasteiger partial charge is 0.504 e. The van der Waals surface area contributed by atoms with Crippen LogP contribution in [0.15, 0.2) is 60.7 Å². The van der Waals surface area contributed by atoms with Crippen LogP contribution >= 0.6 is 0 Å². The smallest absolute Gasteiger partial charge is 0.335 e. The fourth-order valence-corrected chi connectivity index (χ4v) is 3.65. The highest BCUT2D eigenvalue weighted by Crippen LogP contribution is 2.50. The highest BCUT2D eigenvalue weighted by atomic mass is 16.4. The predicted octanol–water partition coefficient (Wildman–Crippen LogP) is 4.44. The second kappa shape index (κ2) is 7.22. The number of aromatic carboxylic acids is 1. The number of carbonyl (C=O) groups is 2. The molecule has 1 aliphatic carbocycles. The number of aryl methyl sites for hydroxylation is 1. The molecule has 1 amide bonds. The molecule has 3 aromatic carbocycles. The van der Waals surface area contributed by atoms with Crippen molar-refractivity contribution in [2.24, 2.45) is 0 Å². The number of amides is 1. The third kappa shape index (κ3) is 3.48. The summed E-state index contributed by atoms with van der Waals surface area (Å²) in [5.41, 5.74) is 3.58. The third-order valence-corrected chi connectivity index (χ3v) is 5.65. The van der Waals surface area contributed by atoms with Gasteiger partial charge in [-0.15, -0.1) is 0 Å². The molecular weight excluding hydrogens is 382 g/mol. The Balaban J connectivity index is 1.59. The van der Waals surface area contributed by atoms with E-state index in [1.165, 1.54) is 12.1 Å². The first-order chi connectivity index (χ1) is 14.3. The van der Waals surface area contributed by atoms with Gasteiger partial charge in [-0.1, -0.05) is 24.3 Å². The number of aromatic hydroxyl groups is 2. The lowest BCUT2D eigenvalue weighted by molar-refractivity contribution is -0.118. The second-order valence-corrected chi connectivity index (χ2v) is 7.65. The van der Waals surface area contributed by atoms with E-state index in [-0.39, 0.29) is 23.0 Å². The van der Waals surface area contributed by atoms with Crippen molar-refractivity contribution in [2.45, 2.75) is 25.2 Å². The van der Waals surface area contributed by atoms with Crippen molar-refractivity contribution in [3.05, 3.63) is 77.4 Å². The van der Waals surface area contributed by atoms with Crippen LogP contribution in [-0.2, 0) is 10.2 Å². The monoisotopic (exact) mass is 403 g/mol. The van der Waals surface area contributed by atoms with Crippen molar-refractivity contribution in [3.63, 3.8) is 0 Å². The van der Waals surface area contributed by atoms with E-state index in [1.807, 2.05) is 25.1 Å². The molecular formula is C24H21NO5. The number of benzene rings is 3. The fraction of sp³-hybridized carbons (Fsp3) is 0.167. The molecule has 1 saturated carbocycles. The Morgan fingerprint density at radius 3 is 2.20 bits per heavy atom. The molecule has 0 atom stereocenters. The van der Waals surface area contributed by atoms with Crippen LogP contribution in [0.4, 0.5) is 5.69 Å². The van der Waals surface area contributed by atoms with Gasteiger partial charge < -0.3 is 20.6 Å². The predicted molar refractivity (Wildman–Crippen MR) is 113 cm³/mol. The molecule has 30 heavy (non-hydrogen) atoms. The first kappa shape index (κ1) is 19.5. The van der Waals surface area contributed by atoms with Gasteiger partial charge in [-0.3, -0.25) is 4.79 Å². The van der Waals surface area contributed by atoms with Gasteiger partial charge in [-0.05, 0) is 78.4 Å². The Labute approximate surface area is 173 Å². The maximum atomic E-state index is 13.0. The van der Waals surface area contributed by atoms with E-state index in [9.17, 15) is 19.8 Å². The minimum atomic E-state index is -0.978. The molecule has 3 aromatic rings. The maximum absolute atomic E-state index is 13.0. The summed E-state index contributed by atoms with van der Waals surface area (Å²) in [6.45, 7) is 1.95. The maximum Gasteiger partial charge on any atom is 0.335 e. The van der Waals surface area contributed by atoms with Crippen molar-refractivity contribution >= 4 is 17.6 Å². The Bertz CT molecular complexity index is 1150. The fourth-order valence-electron chi connectivity index (χ4n) is 3.65. The lowest BCUT2D eigenvalue weighted by atomic mass is 9.94. The Kier molecular flexibility index (Phi) is 4.70. The van der Waals surface area contributed by atoms with Gasteiger partial charge in [0.25, 0.3) is 0 Å². The summed E-state index contributed by atoms with van der Waals surface area (Å²) in [6.07, 6.45) is 1.33. The molecule has 6 heteroatoms. The summed E-state index contributed by atoms with van der Waals surface area (Å²) in [5.74, 6) is -1.60. The zero-order valence-electron chi connectivity index (χ0n) is 16.3. The van der Waals surface area contributed by atoms with Crippen LogP contribution in [0.3, 0.4) is 0 Å². The van der Waals surface area contributed by atoms with E-state index in [0.29, 0.717) is 24.1 Å². The lowest BCUT2D eigenvalue weighted by Crippen LogP contribution is -2.27. The number of phenols is 2. The lowest BCUT2D eigenvalue weighted by Gasteiger charge is -2.17. The summed E-state index contributed by atoms with van der Waals surface area (Å²) in [4.78, 5) is 24.1. The van der Waals surface area contributed by atoms with Crippen LogP contribution in [0.25, 0.3) is 11.1 Å². The van der Waals surface area contributed by atoms with Gasteiger partial charge in [0.15, 0.2) is 11.5 Å². The van der Waals surface area contributed by atoms with Gasteiger partial charge in [0.2, 0.25) is 5.91 Å². The minimum Gasteiger partial charge on any atom is -0.504 e. The molecule has 0 bridgehead atoms.